The van der Waals surface area contributed by atoms with Crippen LogP contribution in [0.2, 0.25) is 19.6 Å². The number of rotatable bonds is 2. The van der Waals surface area contributed by atoms with Crippen molar-refractivity contribution in [2.24, 2.45) is 0 Å². The van der Waals surface area contributed by atoms with Gasteiger partial charge in [0.1, 0.15) is 0 Å². The summed E-state index contributed by atoms with van der Waals surface area (Å²) in [7, 11) is -1.11. The summed E-state index contributed by atoms with van der Waals surface area (Å²) in [5.41, 5.74) is 0. The zero-order chi connectivity index (χ0) is 7.49. The van der Waals surface area contributed by atoms with Crippen LogP contribution in [0.5, 0.6) is 0 Å². The number of hydrogen-bond acceptors (Lipinski definition) is 2. The van der Waals surface area contributed by atoms with Crippen LogP contribution in [0.4, 0.5) is 0 Å². The second kappa shape index (κ2) is 3.54. The fourth-order valence-corrected chi connectivity index (χ4v) is 1.16. The highest BCUT2D eigenvalue weighted by atomic mass is 35.5. The lowest BCUT2D eigenvalue weighted by Gasteiger charge is -2.14. The van der Waals surface area contributed by atoms with E-state index in [1.807, 2.05) is 0 Å². The summed E-state index contributed by atoms with van der Waals surface area (Å²) >= 11 is 9.84. The zero-order valence-corrected chi connectivity index (χ0v) is 8.47. The van der Waals surface area contributed by atoms with Gasteiger partial charge in [0.2, 0.25) is 0 Å². The van der Waals surface area contributed by atoms with Gasteiger partial charge in [-0.25, -0.2) is 0 Å². The third-order valence-corrected chi connectivity index (χ3v) is 1.86. The van der Waals surface area contributed by atoms with Crippen LogP contribution in [-0.2, 0) is 4.74 Å². The van der Waals surface area contributed by atoms with Crippen LogP contribution in [0.15, 0.2) is 0 Å². The molecule has 0 amide bonds. The van der Waals surface area contributed by atoms with E-state index in [0.29, 0.717) is 0 Å². The second-order valence-corrected chi connectivity index (χ2v) is 9.44. The standard InChI is InChI=1S/C5H11ClOSSi/c1-9(2,3)4-7-5(6)8/h4H2,1-3H3. The number of ether oxygens (including phenoxy) is 1. The Hall–Kier alpha value is 0.397. The first-order chi connectivity index (χ1) is 3.92. The van der Waals surface area contributed by atoms with Gasteiger partial charge in [0.15, 0.2) is 0 Å². The van der Waals surface area contributed by atoms with Gasteiger partial charge >= 0.3 is 0 Å². The van der Waals surface area contributed by atoms with Crippen molar-refractivity contribution in [1.82, 2.24) is 0 Å². The van der Waals surface area contributed by atoms with Crippen molar-refractivity contribution in [1.29, 1.82) is 0 Å². The van der Waals surface area contributed by atoms with Gasteiger partial charge in [0.25, 0.3) is 4.51 Å². The van der Waals surface area contributed by atoms with Crippen molar-refractivity contribution in [3.8, 4) is 0 Å². The third kappa shape index (κ3) is 8.40. The Kier molecular flexibility index (Phi) is 3.69. The lowest BCUT2D eigenvalue weighted by atomic mass is 11.5. The summed E-state index contributed by atoms with van der Waals surface area (Å²) in [5.74, 6) is 0. The lowest BCUT2D eigenvalue weighted by molar-refractivity contribution is 0.385. The van der Waals surface area contributed by atoms with Crippen LogP contribution in [0.1, 0.15) is 0 Å². The van der Waals surface area contributed by atoms with E-state index < -0.39 is 8.07 Å². The third-order valence-electron chi connectivity index (χ3n) is 0.619. The summed E-state index contributed by atoms with van der Waals surface area (Å²) in [6.45, 7) is 6.59. The molecule has 0 aromatic carbocycles. The zero-order valence-electron chi connectivity index (χ0n) is 5.90. The van der Waals surface area contributed by atoms with Gasteiger partial charge in [-0.05, 0) is 23.8 Å². The molecule has 0 aromatic rings. The van der Waals surface area contributed by atoms with Crippen LogP contribution in [0, 0.1) is 0 Å². The van der Waals surface area contributed by atoms with E-state index in [4.69, 9.17) is 16.3 Å². The fourth-order valence-electron chi connectivity index (χ4n) is 0.273. The maximum absolute atomic E-state index is 5.32. The molecule has 0 saturated heterocycles. The minimum absolute atomic E-state index is 0.137. The average Bonchev–Trinajstić information content (AvgIpc) is 1.59. The molecule has 0 rings (SSSR count). The summed E-state index contributed by atoms with van der Waals surface area (Å²) in [5, 5.41) is 0. The molecule has 0 heterocycles. The van der Waals surface area contributed by atoms with Crippen molar-refractivity contribution in [3.05, 3.63) is 0 Å². The Morgan fingerprint density at radius 3 is 2.11 bits per heavy atom. The molecule has 0 aliphatic heterocycles. The van der Waals surface area contributed by atoms with Gasteiger partial charge in [0.05, 0.1) is 14.3 Å². The van der Waals surface area contributed by atoms with E-state index in [1.165, 1.54) is 0 Å². The molecule has 1 nitrogen and oxygen atoms in total. The van der Waals surface area contributed by atoms with E-state index in [1.54, 1.807) is 0 Å². The quantitative estimate of drug-likeness (QED) is 0.369. The first-order valence-corrected chi connectivity index (χ1v) is 7.23. The smallest absolute Gasteiger partial charge is 0.255 e. The fraction of sp³-hybridized carbons (Fsp3) is 0.800. The van der Waals surface area contributed by atoms with Gasteiger partial charge < -0.3 is 4.74 Å². The molecule has 0 aliphatic carbocycles. The normalized spacial score (nSPS) is 11.1. The summed E-state index contributed by atoms with van der Waals surface area (Å²) < 4.78 is 5.10. The van der Waals surface area contributed by atoms with Crippen LogP contribution in [-0.4, -0.2) is 18.8 Å². The molecule has 0 bridgehead atoms. The van der Waals surface area contributed by atoms with Gasteiger partial charge in [-0.2, -0.15) is 0 Å². The molecule has 54 valence electrons. The number of thiocarbonyl (C=S) groups is 1. The Balaban J connectivity index is 3.39. The molecule has 0 N–H and O–H groups in total. The maximum Gasteiger partial charge on any atom is 0.255 e. The van der Waals surface area contributed by atoms with Crippen LogP contribution in [0.3, 0.4) is 0 Å². The Labute approximate surface area is 67.4 Å². The molecular weight excluding hydrogens is 172 g/mol. The summed E-state index contributed by atoms with van der Waals surface area (Å²) in [4.78, 5) is 0. The minimum atomic E-state index is -1.11. The van der Waals surface area contributed by atoms with Gasteiger partial charge in [-0.1, -0.05) is 19.6 Å². The largest absolute Gasteiger partial charge is 0.479 e. The highest BCUT2D eigenvalue weighted by Gasteiger charge is 2.13. The molecule has 9 heavy (non-hydrogen) atoms. The predicted octanol–water partition coefficient (Wildman–Crippen LogP) is 2.40. The molecule has 4 heteroatoms. The van der Waals surface area contributed by atoms with E-state index in [-0.39, 0.29) is 4.51 Å². The minimum Gasteiger partial charge on any atom is -0.479 e. The Bertz CT molecular complexity index is 110. The number of hydrogen-bond donors (Lipinski definition) is 0. The Morgan fingerprint density at radius 1 is 1.56 bits per heavy atom. The van der Waals surface area contributed by atoms with Gasteiger partial charge in [-0.3, -0.25) is 0 Å². The summed E-state index contributed by atoms with van der Waals surface area (Å²) in [6, 6.07) is 0. The Morgan fingerprint density at radius 2 is 2.00 bits per heavy atom. The van der Waals surface area contributed by atoms with Crippen LogP contribution < -0.4 is 0 Å². The molecular formula is C5H11ClOSSi. The molecule has 0 spiro atoms. The molecule has 0 saturated carbocycles. The van der Waals surface area contributed by atoms with E-state index in [2.05, 4.69) is 31.9 Å². The highest BCUT2D eigenvalue weighted by Crippen LogP contribution is 2.01. The molecule has 0 aromatic heterocycles. The monoisotopic (exact) mass is 182 g/mol. The molecule has 0 aliphatic rings. The van der Waals surface area contributed by atoms with Crippen LogP contribution in [0.25, 0.3) is 0 Å². The van der Waals surface area contributed by atoms with Crippen molar-refractivity contribution in [2.45, 2.75) is 19.6 Å². The van der Waals surface area contributed by atoms with Crippen molar-refractivity contribution >= 4 is 36.4 Å². The van der Waals surface area contributed by atoms with E-state index in [0.717, 1.165) is 6.23 Å². The predicted molar refractivity (Wildman–Crippen MR) is 47.7 cm³/mol. The SMILES string of the molecule is C[Si](C)(C)COC(=S)Cl. The maximum atomic E-state index is 5.32. The molecule has 0 fully saturated rings. The van der Waals surface area contributed by atoms with Crippen LogP contribution >= 0.6 is 23.8 Å². The van der Waals surface area contributed by atoms with Gasteiger partial charge in [-0.15, -0.1) is 0 Å². The first kappa shape index (κ1) is 9.40. The highest BCUT2D eigenvalue weighted by molar-refractivity contribution is 7.82. The van der Waals surface area contributed by atoms with Crippen molar-refractivity contribution < 1.29 is 4.74 Å². The molecule has 0 unspecified atom stereocenters. The molecule has 0 radical (unpaired) electrons. The summed E-state index contributed by atoms with van der Waals surface area (Å²) in [6.07, 6.45) is 0.718. The van der Waals surface area contributed by atoms with Crippen molar-refractivity contribution in [2.75, 3.05) is 6.23 Å². The molecule has 0 atom stereocenters. The lowest BCUT2D eigenvalue weighted by Crippen LogP contribution is -2.28. The topological polar surface area (TPSA) is 9.23 Å². The number of halogens is 1. The van der Waals surface area contributed by atoms with E-state index >= 15 is 0 Å². The second-order valence-electron chi connectivity index (χ2n) is 3.09. The first-order valence-electron chi connectivity index (χ1n) is 2.74. The van der Waals surface area contributed by atoms with Crippen molar-refractivity contribution in [3.63, 3.8) is 0 Å². The van der Waals surface area contributed by atoms with Gasteiger partial charge in [0, 0.05) is 0 Å². The van der Waals surface area contributed by atoms with E-state index in [9.17, 15) is 0 Å². The average molecular weight is 183 g/mol.